The van der Waals surface area contributed by atoms with E-state index in [1.807, 2.05) is 0 Å². The molecule has 0 aromatic heterocycles. The molecule has 0 fully saturated rings. The zero-order chi connectivity index (χ0) is 12.0. The molecule has 1 rings (SSSR count). The first-order valence-electron chi connectivity index (χ1n) is 6.03. The fourth-order valence-electron chi connectivity index (χ4n) is 1.38. The quantitative estimate of drug-likeness (QED) is 0.586. The predicted octanol–water partition coefficient (Wildman–Crippen LogP) is 3.49. The van der Waals surface area contributed by atoms with Crippen molar-refractivity contribution >= 4 is 0 Å². The molecule has 0 aliphatic rings. The first-order chi connectivity index (χ1) is 7.59. The van der Waals surface area contributed by atoms with Gasteiger partial charge < -0.3 is 4.84 Å². The van der Waals surface area contributed by atoms with Gasteiger partial charge in [0.2, 0.25) is 0 Å². The molecule has 0 spiro atoms. The van der Waals surface area contributed by atoms with Crippen molar-refractivity contribution in [3.05, 3.63) is 35.4 Å². The zero-order valence-corrected chi connectivity index (χ0v) is 10.8. The molecule has 0 atom stereocenters. The molecule has 0 aliphatic heterocycles. The first-order valence-corrected chi connectivity index (χ1v) is 6.03. The summed E-state index contributed by atoms with van der Waals surface area (Å²) in [5, 5.41) is 0. The molecule has 0 bridgehead atoms. The minimum atomic E-state index is 0.566. The molecular formula is C14H23NO. The molecule has 16 heavy (non-hydrogen) atoms. The Morgan fingerprint density at radius 3 is 2.19 bits per heavy atom. The van der Waals surface area contributed by atoms with E-state index < -0.39 is 0 Å². The lowest BCUT2D eigenvalue weighted by atomic mass is 10.0. The highest BCUT2D eigenvalue weighted by atomic mass is 16.6. The third-order valence-electron chi connectivity index (χ3n) is 2.44. The van der Waals surface area contributed by atoms with E-state index in [0.29, 0.717) is 11.8 Å². The van der Waals surface area contributed by atoms with Crippen molar-refractivity contribution in [2.24, 2.45) is 5.92 Å². The molecule has 0 amide bonds. The van der Waals surface area contributed by atoms with E-state index in [2.05, 4.69) is 57.4 Å². The Hall–Kier alpha value is -0.860. The van der Waals surface area contributed by atoms with Crippen LogP contribution in [0.15, 0.2) is 24.3 Å². The summed E-state index contributed by atoms with van der Waals surface area (Å²) < 4.78 is 0. The molecule has 1 aromatic carbocycles. The molecule has 2 heteroatoms. The average Bonchev–Trinajstić information content (AvgIpc) is 2.25. The van der Waals surface area contributed by atoms with E-state index in [-0.39, 0.29) is 0 Å². The Kier molecular flexibility index (Phi) is 5.50. The van der Waals surface area contributed by atoms with Gasteiger partial charge in [0.15, 0.2) is 0 Å². The fourth-order valence-corrected chi connectivity index (χ4v) is 1.38. The molecule has 90 valence electrons. The maximum absolute atomic E-state index is 5.33. The van der Waals surface area contributed by atoms with E-state index in [0.717, 1.165) is 13.2 Å². The van der Waals surface area contributed by atoms with Crippen LogP contribution in [0, 0.1) is 5.92 Å². The van der Waals surface area contributed by atoms with Crippen molar-refractivity contribution in [2.75, 3.05) is 6.61 Å². The molecule has 0 saturated carbocycles. The Bertz CT molecular complexity index is 290. The topological polar surface area (TPSA) is 21.3 Å². The van der Waals surface area contributed by atoms with Crippen LogP contribution in [-0.4, -0.2) is 6.61 Å². The number of rotatable bonds is 6. The van der Waals surface area contributed by atoms with Gasteiger partial charge in [0.05, 0.1) is 6.61 Å². The maximum Gasteiger partial charge on any atom is 0.0705 e. The van der Waals surface area contributed by atoms with E-state index in [9.17, 15) is 0 Å². The van der Waals surface area contributed by atoms with Gasteiger partial charge in [-0.25, -0.2) is 0 Å². The Labute approximate surface area is 99.0 Å². The summed E-state index contributed by atoms with van der Waals surface area (Å²) in [6, 6.07) is 8.68. The van der Waals surface area contributed by atoms with Gasteiger partial charge in [-0.05, 0) is 23.0 Å². The number of hydrogen-bond acceptors (Lipinski definition) is 2. The molecule has 0 unspecified atom stereocenters. The van der Waals surface area contributed by atoms with Crippen molar-refractivity contribution in [1.82, 2.24) is 5.48 Å². The van der Waals surface area contributed by atoms with Gasteiger partial charge in [-0.2, -0.15) is 5.48 Å². The van der Waals surface area contributed by atoms with Gasteiger partial charge in [-0.15, -0.1) is 0 Å². The predicted molar refractivity (Wildman–Crippen MR) is 68.2 cm³/mol. The van der Waals surface area contributed by atoms with Crippen LogP contribution in [0.3, 0.4) is 0 Å². The highest BCUT2D eigenvalue weighted by Crippen LogP contribution is 2.14. The van der Waals surface area contributed by atoms with E-state index in [4.69, 9.17) is 4.84 Å². The summed E-state index contributed by atoms with van der Waals surface area (Å²) in [6.45, 7) is 10.2. The summed E-state index contributed by atoms with van der Waals surface area (Å²) in [7, 11) is 0. The fraction of sp³-hybridized carbons (Fsp3) is 0.571. The molecule has 0 radical (unpaired) electrons. The van der Waals surface area contributed by atoms with Crippen LogP contribution in [0.1, 0.15) is 44.7 Å². The summed E-state index contributed by atoms with van der Waals surface area (Å²) in [5.41, 5.74) is 5.62. The van der Waals surface area contributed by atoms with Crippen LogP contribution >= 0.6 is 0 Å². The van der Waals surface area contributed by atoms with E-state index >= 15 is 0 Å². The van der Waals surface area contributed by atoms with Gasteiger partial charge in [0.25, 0.3) is 0 Å². The van der Waals surface area contributed by atoms with E-state index in [1.165, 1.54) is 11.1 Å². The molecule has 2 nitrogen and oxygen atoms in total. The van der Waals surface area contributed by atoms with Crippen LogP contribution in [0.5, 0.6) is 0 Å². The van der Waals surface area contributed by atoms with Crippen LogP contribution < -0.4 is 5.48 Å². The molecule has 1 N–H and O–H groups in total. The Morgan fingerprint density at radius 1 is 1.06 bits per heavy atom. The molecule has 0 aliphatic carbocycles. The second-order valence-electron chi connectivity index (χ2n) is 4.92. The summed E-state index contributed by atoms with van der Waals surface area (Å²) in [6.07, 6.45) is 0. The summed E-state index contributed by atoms with van der Waals surface area (Å²) >= 11 is 0. The van der Waals surface area contributed by atoms with Crippen molar-refractivity contribution in [3.63, 3.8) is 0 Å². The lowest BCUT2D eigenvalue weighted by Crippen LogP contribution is -2.17. The van der Waals surface area contributed by atoms with Crippen molar-refractivity contribution in [1.29, 1.82) is 0 Å². The third kappa shape index (κ3) is 4.77. The highest BCUT2D eigenvalue weighted by Gasteiger charge is 1.99. The van der Waals surface area contributed by atoms with Crippen LogP contribution in [0.2, 0.25) is 0 Å². The first kappa shape index (κ1) is 13.2. The van der Waals surface area contributed by atoms with Gasteiger partial charge >= 0.3 is 0 Å². The SMILES string of the molecule is CC(C)CONCc1ccc(C(C)C)cc1. The third-order valence-corrected chi connectivity index (χ3v) is 2.44. The molecule has 0 heterocycles. The zero-order valence-electron chi connectivity index (χ0n) is 10.8. The second kappa shape index (κ2) is 6.66. The lowest BCUT2D eigenvalue weighted by Gasteiger charge is -2.09. The Morgan fingerprint density at radius 2 is 1.69 bits per heavy atom. The minimum absolute atomic E-state index is 0.566. The smallest absolute Gasteiger partial charge is 0.0705 e. The highest BCUT2D eigenvalue weighted by molar-refractivity contribution is 5.24. The summed E-state index contributed by atoms with van der Waals surface area (Å²) in [4.78, 5) is 5.33. The number of hydroxylamine groups is 1. The standard InChI is InChI=1S/C14H23NO/c1-11(2)10-16-15-9-13-5-7-14(8-6-13)12(3)4/h5-8,11-12,15H,9-10H2,1-4H3. The minimum Gasteiger partial charge on any atom is -0.301 e. The van der Waals surface area contributed by atoms with Crippen LogP contribution in [-0.2, 0) is 11.4 Å². The molecular weight excluding hydrogens is 198 g/mol. The normalized spacial score (nSPS) is 11.4. The largest absolute Gasteiger partial charge is 0.301 e. The van der Waals surface area contributed by atoms with Gasteiger partial charge in [0, 0.05) is 6.54 Å². The maximum atomic E-state index is 5.33. The Balaban J connectivity index is 2.32. The number of benzene rings is 1. The van der Waals surface area contributed by atoms with Crippen LogP contribution in [0.4, 0.5) is 0 Å². The van der Waals surface area contributed by atoms with Gasteiger partial charge in [0.1, 0.15) is 0 Å². The van der Waals surface area contributed by atoms with Gasteiger partial charge in [-0.3, -0.25) is 0 Å². The number of hydrogen-bond donors (Lipinski definition) is 1. The van der Waals surface area contributed by atoms with Crippen molar-refractivity contribution < 1.29 is 4.84 Å². The molecule has 1 aromatic rings. The average molecular weight is 221 g/mol. The van der Waals surface area contributed by atoms with Gasteiger partial charge in [-0.1, -0.05) is 52.0 Å². The molecule has 0 saturated heterocycles. The summed E-state index contributed by atoms with van der Waals surface area (Å²) in [5.74, 6) is 1.16. The van der Waals surface area contributed by atoms with E-state index in [1.54, 1.807) is 0 Å². The van der Waals surface area contributed by atoms with Crippen molar-refractivity contribution in [2.45, 2.75) is 40.2 Å². The van der Waals surface area contributed by atoms with Crippen LogP contribution in [0.25, 0.3) is 0 Å². The lowest BCUT2D eigenvalue weighted by molar-refractivity contribution is 0.0196. The number of nitrogens with one attached hydrogen (secondary N) is 1. The second-order valence-corrected chi connectivity index (χ2v) is 4.92. The van der Waals surface area contributed by atoms with Crippen molar-refractivity contribution in [3.8, 4) is 0 Å². The monoisotopic (exact) mass is 221 g/mol.